The van der Waals surface area contributed by atoms with E-state index in [4.69, 9.17) is 11.6 Å². The minimum atomic E-state index is -0.195. The molecule has 3 nitrogen and oxygen atoms in total. The molecule has 2 aromatic heterocycles. The van der Waals surface area contributed by atoms with Gasteiger partial charge in [-0.15, -0.1) is 22.7 Å². The second-order valence-corrected chi connectivity index (χ2v) is 7.86. The molecule has 0 fully saturated rings. The van der Waals surface area contributed by atoms with Crippen LogP contribution >= 0.6 is 50.2 Å². The Kier molecular flexibility index (Phi) is 4.40. The van der Waals surface area contributed by atoms with E-state index in [0.717, 1.165) is 14.4 Å². The number of thiophene rings is 1. The van der Waals surface area contributed by atoms with E-state index in [1.165, 1.54) is 11.3 Å². The lowest BCUT2D eigenvalue weighted by atomic mass is 10.2. The average Bonchev–Trinajstić information content (AvgIpc) is 3.08. The fourth-order valence-corrected chi connectivity index (χ4v) is 3.92. The van der Waals surface area contributed by atoms with Gasteiger partial charge in [0.05, 0.1) is 14.4 Å². The Morgan fingerprint density at radius 1 is 1.19 bits per heavy atom. The topological polar surface area (TPSA) is 42.0 Å². The average molecular weight is 400 g/mol. The number of rotatable bonds is 3. The van der Waals surface area contributed by atoms with Gasteiger partial charge in [0.1, 0.15) is 0 Å². The standard InChI is InChI=1S/C14H8BrClN2OS2/c15-12-6-5-11(21-12)10-7-20-14(17-10)18-13(19)8-1-3-9(16)4-2-8/h1-7H,(H,17,18,19). The van der Waals surface area contributed by atoms with Crippen LogP contribution in [0.15, 0.2) is 45.6 Å². The van der Waals surface area contributed by atoms with Crippen LogP contribution in [-0.4, -0.2) is 10.9 Å². The van der Waals surface area contributed by atoms with Gasteiger partial charge >= 0.3 is 0 Å². The Balaban J connectivity index is 1.75. The molecule has 0 aliphatic heterocycles. The zero-order valence-corrected chi connectivity index (χ0v) is 14.4. The van der Waals surface area contributed by atoms with Gasteiger partial charge in [-0.25, -0.2) is 4.98 Å². The van der Waals surface area contributed by atoms with Gasteiger partial charge in [-0.2, -0.15) is 0 Å². The first kappa shape index (κ1) is 14.7. The molecule has 3 aromatic rings. The normalized spacial score (nSPS) is 10.6. The van der Waals surface area contributed by atoms with Crippen molar-refractivity contribution >= 4 is 61.2 Å². The fraction of sp³-hybridized carbons (Fsp3) is 0. The SMILES string of the molecule is O=C(Nc1nc(-c2ccc(Br)s2)cs1)c1ccc(Cl)cc1. The summed E-state index contributed by atoms with van der Waals surface area (Å²) in [5.74, 6) is -0.195. The van der Waals surface area contributed by atoms with E-state index in [2.05, 4.69) is 26.2 Å². The first-order valence-corrected chi connectivity index (χ1v) is 8.77. The van der Waals surface area contributed by atoms with Gasteiger partial charge in [-0.3, -0.25) is 10.1 Å². The van der Waals surface area contributed by atoms with Crippen LogP contribution in [0, 0.1) is 0 Å². The van der Waals surface area contributed by atoms with Crippen LogP contribution in [-0.2, 0) is 0 Å². The molecule has 2 heterocycles. The molecule has 1 amide bonds. The second kappa shape index (κ2) is 6.27. The predicted molar refractivity (Wildman–Crippen MR) is 92.5 cm³/mol. The van der Waals surface area contributed by atoms with Gasteiger partial charge in [0.25, 0.3) is 5.91 Å². The summed E-state index contributed by atoms with van der Waals surface area (Å²) < 4.78 is 1.05. The summed E-state index contributed by atoms with van der Waals surface area (Å²) in [4.78, 5) is 17.6. The maximum atomic E-state index is 12.1. The van der Waals surface area contributed by atoms with Crippen LogP contribution in [0.25, 0.3) is 10.6 Å². The molecule has 106 valence electrons. The predicted octanol–water partition coefficient (Wildman–Crippen LogP) is 5.54. The van der Waals surface area contributed by atoms with Gasteiger partial charge in [-0.1, -0.05) is 11.6 Å². The molecular formula is C14H8BrClN2OS2. The van der Waals surface area contributed by atoms with Crippen molar-refractivity contribution in [2.75, 3.05) is 5.32 Å². The number of anilines is 1. The largest absolute Gasteiger partial charge is 0.298 e. The molecule has 0 bridgehead atoms. The molecular weight excluding hydrogens is 392 g/mol. The number of halogens is 2. The Bertz CT molecular complexity index is 782. The van der Waals surface area contributed by atoms with Crippen molar-refractivity contribution in [3.63, 3.8) is 0 Å². The van der Waals surface area contributed by atoms with Gasteiger partial charge in [-0.05, 0) is 52.3 Å². The quantitative estimate of drug-likeness (QED) is 0.628. The number of hydrogen-bond acceptors (Lipinski definition) is 4. The maximum absolute atomic E-state index is 12.1. The zero-order chi connectivity index (χ0) is 14.8. The van der Waals surface area contributed by atoms with Gasteiger partial charge in [0.2, 0.25) is 0 Å². The third-order valence-electron chi connectivity index (χ3n) is 2.66. The molecule has 0 saturated heterocycles. The number of thiazole rings is 1. The van der Waals surface area contributed by atoms with Crippen molar-refractivity contribution in [3.05, 3.63) is 56.2 Å². The van der Waals surface area contributed by atoms with E-state index in [1.54, 1.807) is 35.6 Å². The molecule has 21 heavy (non-hydrogen) atoms. The Morgan fingerprint density at radius 3 is 2.62 bits per heavy atom. The van der Waals surface area contributed by atoms with E-state index in [-0.39, 0.29) is 5.91 Å². The molecule has 0 aliphatic rings. The first-order valence-electron chi connectivity index (χ1n) is 5.90. The van der Waals surface area contributed by atoms with E-state index in [1.807, 2.05) is 17.5 Å². The summed E-state index contributed by atoms with van der Waals surface area (Å²) in [7, 11) is 0. The van der Waals surface area contributed by atoms with E-state index in [9.17, 15) is 4.79 Å². The first-order chi connectivity index (χ1) is 10.1. The molecule has 0 spiro atoms. The van der Waals surface area contributed by atoms with Crippen molar-refractivity contribution < 1.29 is 4.79 Å². The molecule has 7 heteroatoms. The van der Waals surface area contributed by atoms with Gasteiger partial charge < -0.3 is 0 Å². The highest BCUT2D eigenvalue weighted by molar-refractivity contribution is 9.11. The van der Waals surface area contributed by atoms with Crippen LogP contribution in [0.2, 0.25) is 5.02 Å². The number of carbonyl (C=O) groups excluding carboxylic acids is 1. The van der Waals surface area contributed by atoms with Crippen LogP contribution in [0.5, 0.6) is 0 Å². The number of nitrogens with zero attached hydrogens (tertiary/aromatic N) is 1. The zero-order valence-electron chi connectivity index (χ0n) is 10.5. The number of amides is 1. The lowest BCUT2D eigenvalue weighted by Crippen LogP contribution is -2.11. The molecule has 0 saturated carbocycles. The van der Waals surface area contributed by atoms with Crippen molar-refractivity contribution in [1.82, 2.24) is 4.98 Å². The lowest BCUT2D eigenvalue weighted by Gasteiger charge is -2.01. The molecule has 0 unspecified atom stereocenters. The second-order valence-electron chi connectivity index (χ2n) is 4.10. The fourth-order valence-electron chi connectivity index (χ4n) is 1.67. The van der Waals surface area contributed by atoms with Gasteiger partial charge in [0, 0.05) is 16.0 Å². The third kappa shape index (κ3) is 3.52. The molecule has 0 atom stereocenters. The van der Waals surface area contributed by atoms with Crippen molar-refractivity contribution in [2.24, 2.45) is 0 Å². The summed E-state index contributed by atoms with van der Waals surface area (Å²) in [5, 5.41) is 5.90. The molecule has 1 aromatic carbocycles. The number of benzene rings is 1. The minimum absolute atomic E-state index is 0.195. The minimum Gasteiger partial charge on any atom is -0.298 e. The number of aromatic nitrogens is 1. The van der Waals surface area contributed by atoms with E-state index < -0.39 is 0 Å². The highest BCUT2D eigenvalue weighted by atomic mass is 79.9. The number of nitrogens with one attached hydrogen (secondary N) is 1. The Hall–Kier alpha value is -1.21. The summed E-state index contributed by atoms with van der Waals surface area (Å²) in [6.45, 7) is 0. The summed E-state index contributed by atoms with van der Waals surface area (Å²) in [6.07, 6.45) is 0. The van der Waals surface area contributed by atoms with E-state index in [0.29, 0.717) is 15.7 Å². The number of carbonyl (C=O) groups is 1. The van der Waals surface area contributed by atoms with Crippen LogP contribution in [0.1, 0.15) is 10.4 Å². The van der Waals surface area contributed by atoms with Crippen LogP contribution < -0.4 is 5.32 Å². The van der Waals surface area contributed by atoms with Crippen molar-refractivity contribution in [2.45, 2.75) is 0 Å². The molecule has 3 rings (SSSR count). The van der Waals surface area contributed by atoms with Gasteiger partial charge in [0.15, 0.2) is 5.13 Å². The van der Waals surface area contributed by atoms with Crippen LogP contribution in [0.4, 0.5) is 5.13 Å². The Labute approximate surface area is 142 Å². The monoisotopic (exact) mass is 398 g/mol. The summed E-state index contributed by atoms with van der Waals surface area (Å²) in [5.41, 5.74) is 1.41. The lowest BCUT2D eigenvalue weighted by molar-refractivity contribution is 0.102. The third-order valence-corrected chi connectivity index (χ3v) is 5.31. The smallest absolute Gasteiger partial charge is 0.257 e. The highest BCUT2D eigenvalue weighted by Gasteiger charge is 2.11. The number of hydrogen-bond donors (Lipinski definition) is 1. The van der Waals surface area contributed by atoms with Crippen molar-refractivity contribution in [3.8, 4) is 10.6 Å². The molecule has 1 N–H and O–H groups in total. The molecule has 0 aliphatic carbocycles. The summed E-state index contributed by atoms with van der Waals surface area (Å²) >= 11 is 12.2. The van der Waals surface area contributed by atoms with Crippen molar-refractivity contribution in [1.29, 1.82) is 0 Å². The summed E-state index contributed by atoms with van der Waals surface area (Å²) in [6, 6.07) is 10.7. The molecule has 0 radical (unpaired) electrons. The maximum Gasteiger partial charge on any atom is 0.257 e. The van der Waals surface area contributed by atoms with Crippen LogP contribution in [0.3, 0.4) is 0 Å². The Morgan fingerprint density at radius 2 is 1.95 bits per heavy atom. The highest BCUT2D eigenvalue weighted by Crippen LogP contribution is 2.33. The van der Waals surface area contributed by atoms with E-state index >= 15 is 0 Å².